The Morgan fingerprint density at radius 3 is 2.81 bits per heavy atom. The van der Waals surface area contributed by atoms with Crippen LogP contribution in [-0.2, 0) is 17.6 Å². The van der Waals surface area contributed by atoms with Crippen molar-refractivity contribution in [2.24, 2.45) is 5.92 Å². The highest BCUT2D eigenvalue weighted by molar-refractivity contribution is 9.11. The Morgan fingerprint density at radius 1 is 1.19 bits per heavy atom. The number of hydrogen-bond acceptors (Lipinski definition) is 3. The second-order valence-electron chi connectivity index (χ2n) is 8.57. The molecule has 3 nitrogen and oxygen atoms in total. The van der Waals surface area contributed by atoms with Crippen LogP contribution in [0.2, 0.25) is 0 Å². The van der Waals surface area contributed by atoms with Crippen LogP contribution in [0.4, 0.5) is 4.39 Å². The quantitative estimate of drug-likeness (QED) is 0.464. The van der Waals surface area contributed by atoms with Gasteiger partial charge in [0.25, 0.3) is 0 Å². The van der Waals surface area contributed by atoms with Gasteiger partial charge in [-0.25, -0.2) is 4.79 Å². The van der Waals surface area contributed by atoms with E-state index in [1.54, 1.807) is 0 Å². The van der Waals surface area contributed by atoms with E-state index >= 15 is 0 Å². The largest absolute Gasteiger partial charge is 0.465 e. The van der Waals surface area contributed by atoms with Crippen LogP contribution in [0.3, 0.4) is 0 Å². The Balaban J connectivity index is 1.56. The Hall–Kier alpha value is -1.98. The van der Waals surface area contributed by atoms with Crippen LogP contribution in [0.5, 0.6) is 0 Å². The summed E-state index contributed by atoms with van der Waals surface area (Å²) in [6, 6.07) is 14.7. The Labute approximate surface area is 192 Å². The highest BCUT2D eigenvalue weighted by Crippen LogP contribution is 2.38. The Kier molecular flexibility index (Phi) is 7.24. The maximum absolute atomic E-state index is 12.4. The van der Waals surface area contributed by atoms with E-state index in [4.69, 9.17) is 4.74 Å². The van der Waals surface area contributed by atoms with Crippen LogP contribution in [0, 0.1) is 5.92 Å². The molecule has 0 spiro atoms. The van der Waals surface area contributed by atoms with Crippen molar-refractivity contribution in [3.8, 4) is 0 Å². The number of rotatable bonds is 7. The number of benzene rings is 2. The first-order chi connectivity index (χ1) is 15.1. The molecule has 0 N–H and O–H groups in total. The summed E-state index contributed by atoms with van der Waals surface area (Å²) in [5.74, 6) is 0.357. The molecule has 0 saturated carbocycles. The van der Waals surface area contributed by atoms with Gasteiger partial charge in [0.2, 0.25) is 0 Å². The zero-order valence-electron chi connectivity index (χ0n) is 18.0. The maximum atomic E-state index is 12.4. The summed E-state index contributed by atoms with van der Waals surface area (Å²) in [5.41, 5.74) is 6.78. The number of ether oxygens (including phenoxy) is 1. The number of alkyl halides is 1. The molecular weight excluding hydrogens is 457 g/mol. The smallest absolute Gasteiger partial charge is 0.337 e. The highest BCUT2D eigenvalue weighted by Gasteiger charge is 2.26. The second-order valence-corrected chi connectivity index (χ2v) is 9.53. The number of fused-ring (bicyclic) bond motifs is 1. The van der Waals surface area contributed by atoms with Crippen molar-refractivity contribution in [1.82, 2.24) is 4.90 Å². The van der Waals surface area contributed by atoms with E-state index in [1.807, 2.05) is 12.1 Å². The van der Waals surface area contributed by atoms with E-state index in [0.29, 0.717) is 17.9 Å². The summed E-state index contributed by atoms with van der Waals surface area (Å²) in [5, 5.41) is 0. The number of halogens is 2. The predicted octanol–water partition coefficient (Wildman–Crippen LogP) is 5.80. The molecule has 0 unspecified atom stereocenters. The summed E-state index contributed by atoms with van der Waals surface area (Å²) in [6.07, 6.45) is 4.65. The molecule has 1 fully saturated rings. The molecule has 0 amide bonds. The van der Waals surface area contributed by atoms with Crippen LogP contribution in [0.1, 0.15) is 51.9 Å². The average molecular weight is 486 g/mol. The fourth-order valence-corrected chi connectivity index (χ4v) is 5.49. The van der Waals surface area contributed by atoms with Crippen molar-refractivity contribution in [3.05, 3.63) is 74.8 Å². The van der Waals surface area contributed by atoms with Gasteiger partial charge in [0.15, 0.2) is 0 Å². The number of carbonyl (C=O) groups is 1. The van der Waals surface area contributed by atoms with E-state index in [2.05, 4.69) is 51.2 Å². The van der Waals surface area contributed by atoms with Crippen molar-refractivity contribution < 1.29 is 13.9 Å². The lowest BCUT2D eigenvalue weighted by molar-refractivity contribution is 0.0600. The molecule has 1 heterocycles. The summed E-state index contributed by atoms with van der Waals surface area (Å²) in [7, 11) is 1.42. The van der Waals surface area contributed by atoms with Gasteiger partial charge in [0.1, 0.15) is 0 Å². The third-order valence-corrected chi connectivity index (χ3v) is 7.08. The van der Waals surface area contributed by atoms with Gasteiger partial charge >= 0.3 is 5.97 Å². The lowest BCUT2D eigenvalue weighted by Gasteiger charge is -2.39. The molecule has 0 aromatic heterocycles. The summed E-state index contributed by atoms with van der Waals surface area (Å²) >= 11 is 3.86. The van der Waals surface area contributed by atoms with E-state index in [1.165, 1.54) is 39.4 Å². The van der Waals surface area contributed by atoms with Gasteiger partial charge in [-0.15, -0.1) is 0 Å². The van der Waals surface area contributed by atoms with Gasteiger partial charge in [-0.05, 0) is 78.0 Å². The van der Waals surface area contributed by atoms with Gasteiger partial charge in [-0.1, -0.05) is 46.3 Å². The zero-order valence-corrected chi connectivity index (χ0v) is 19.6. The molecule has 2 aromatic rings. The van der Waals surface area contributed by atoms with Crippen molar-refractivity contribution >= 4 is 27.5 Å². The van der Waals surface area contributed by atoms with E-state index in [-0.39, 0.29) is 12.6 Å². The first-order valence-corrected chi connectivity index (χ1v) is 11.9. The van der Waals surface area contributed by atoms with Crippen LogP contribution >= 0.6 is 15.9 Å². The maximum Gasteiger partial charge on any atom is 0.337 e. The predicted molar refractivity (Wildman–Crippen MR) is 126 cm³/mol. The van der Waals surface area contributed by atoms with E-state index < -0.39 is 0 Å². The first kappa shape index (κ1) is 22.2. The molecule has 0 radical (unpaired) electrons. The SMILES string of the molecule is COC(=O)c1ccc2c(c1)CCCC(Br)=C2c1cccc(CC2CN(CCCF)C2)c1. The van der Waals surface area contributed by atoms with Crippen LogP contribution in [0.25, 0.3) is 5.57 Å². The molecule has 2 aliphatic rings. The monoisotopic (exact) mass is 485 g/mol. The molecule has 31 heavy (non-hydrogen) atoms. The standard InChI is InChI=1S/C26H29BrFNO2/c1-31-26(30)22-9-10-23-20(15-22)6-3-8-24(27)25(23)21-7-2-5-18(14-21)13-19-16-29(17-19)12-4-11-28/h2,5,7,9-10,14-15,19H,3-4,6,8,11-13,16-17H2,1H3. The van der Waals surface area contributed by atoms with Crippen molar-refractivity contribution in [1.29, 1.82) is 0 Å². The minimum absolute atomic E-state index is 0.226. The number of carbonyl (C=O) groups excluding carboxylic acids is 1. The normalized spacial score (nSPS) is 17.1. The molecule has 164 valence electrons. The summed E-state index contributed by atoms with van der Waals surface area (Å²) in [6.45, 7) is 2.78. The van der Waals surface area contributed by atoms with E-state index in [9.17, 15) is 9.18 Å². The third-order valence-electron chi connectivity index (χ3n) is 6.29. The fraction of sp³-hybridized carbons (Fsp3) is 0.423. The molecule has 4 rings (SSSR count). The van der Waals surface area contributed by atoms with Crippen molar-refractivity contribution in [3.63, 3.8) is 0 Å². The summed E-state index contributed by atoms with van der Waals surface area (Å²) in [4.78, 5) is 14.3. The number of likely N-dealkylation sites (tertiary alicyclic amines) is 1. The molecule has 2 aromatic carbocycles. The average Bonchev–Trinajstić information content (AvgIpc) is 2.92. The van der Waals surface area contributed by atoms with E-state index in [0.717, 1.165) is 45.3 Å². The first-order valence-electron chi connectivity index (χ1n) is 11.1. The number of allylic oxidation sites excluding steroid dienone is 1. The molecule has 1 saturated heterocycles. The molecule has 5 heteroatoms. The molecule has 1 aliphatic carbocycles. The van der Waals surface area contributed by atoms with Crippen molar-refractivity contribution in [2.45, 2.75) is 32.1 Å². The van der Waals surface area contributed by atoms with Gasteiger partial charge < -0.3 is 9.64 Å². The van der Waals surface area contributed by atoms with Gasteiger partial charge in [0, 0.05) is 24.1 Å². The van der Waals surface area contributed by atoms with Crippen molar-refractivity contribution in [2.75, 3.05) is 33.4 Å². The van der Waals surface area contributed by atoms with Gasteiger partial charge in [-0.2, -0.15) is 0 Å². The molecule has 0 bridgehead atoms. The number of aryl methyl sites for hydroxylation is 1. The molecule has 0 atom stereocenters. The van der Waals surface area contributed by atoms with Gasteiger partial charge in [0.05, 0.1) is 19.3 Å². The topological polar surface area (TPSA) is 29.5 Å². The van der Waals surface area contributed by atoms with Gasteiger partial charge in [-0.3, -0.25) is 4.39 Å². The number of methoxy groups -OCH3 is 1. The number of esters is 1. The summed E-state index contributed by atoms with van der Waals surface area (Å²) < 4.78 is 18.5. The second kappa shape index (κ2) is 10.1. The Morgan fingerprint density at radius 2 is 2.03 bits per heavy atom. The van der Waals surface area contributed by atoms with Crippen LogP contribution in [0.15, 0.2) is 46.9 Å². The minimum Gasteiger partial charge on any atom is -0.465 e. The highest BCUT2D eigenvalue weighted by atomic mass is 79.9. The zero-order chi connectivity index (χ0) is 21.8. The number of nitrogens with zero attached hydrogens (tertiary/aromatic N) is 1. The number of hydrogen-bond donors (Lipinski definition) is 0. The Bertz CT molecular complexity index is 981. The van der Waals surface area contributed by atoms with Crippen LogP contribution in [-0.4, -0.2) is 44.3 Å². The minimum atomic E-state index is -0.292. The lowest BCUT2D eigenvalue weighted by atomic mass is 9.88. The fourth-order valence-electron chi connectivity index (χ4n) is 4.77. The molecule has 1 aliphatic heterocycles. The lowest BCUT2D eigenvalue weighted by Crippen LogP contribution is -2.47. The van der Waals surface area contributed by atoms with Crippen LogP contribution < -0.4 is 0 Å². The third kappa shape index (κ3) is 5.09. The molecular formula is C26H29BrFNO2.